The normalized spacial score (nSPS) is 18.2. The number of aliphatic hydroxyl groups is 1. The summed E-state index contributed by atoms with van der Waals surface area (Å²) in [6.07, 6.45) is 6.09. The van der Waals surface area contributed by atoms with Crippen LogP contribution in [-0.2, 0) is 11.3 Å². The Labute approximate surface area is 109 Å². The first kappa shape index (κ1) is 12.0. The van der Waals surface area contributed by atoms with E-state index in [-0.39, 0.29) is 5.56 Å². The Morgan fingerprint density at radius 3 is 3.05 bits per heavy atom. The van der Waals surface area contributed by atoms with Crippen molar-refractivity contribution in [1.29, 1.82) is 0 Å². The summed E-state index contributed by atoms with van der Waals surface area (Å²) in [6.45, 7) is 2.07. The van der Waals surface area contributed by atoms with Crippen LogP contribution in [0.5, 0.6) is 0 Å². The standard InChI is InChI=1S/C14H16N2O3/c1-8(17)7-16-11-6-10-9(13(11)14(18)15-16)4-3-5-12(10)19-2/h3,5-6,8,17H,4,7H2,1-2H3,(H,15,18)/t8-/m0/s1. The number of hydrogen-bond acceptors (Lipinski definition) is 3. The maximum Gasteiger partial charge on any atom is 0.272 e. The van der Waals surface area contributed by atoms with Gasteiger partial charge in [-0.25, -0.2) is 0 Å². The molecule has 0 aromatic carbocycles. The summed E-state index contributed by atoms with van der Waals surface area (Å²) >= 11 is 0. The number of hydrogen-bond donors (Lipinski definition) is 2. The Balaban J connectivity index is 2.29. The SMILES string of the molecule is COC1=C2C=c3c(c(=O)[nH]n3C[C@H](C)O)=C2CC=C1. The highest BCUT2D eigenvalue weighted by atomic mass is 16.5. The van der Waals surface area contributed by atoms with E-state index in [9.17, 15) is 9.90 Å². The first-order chi connectivity index (χ1) is 9.11. The summed E-state index contributed by atoms with van der Waals surface area (Å²) in [6, 6.07) is 0. The Morgan fingerprint density at radius 2 is 2.37 bits per heavy atom. The fraction of sp³-hybridized carbons (Fsp3) is 0.357. The van der Waals surface area contributed by atoms with E-state index in [0.29, 0.717) is 11.8 Å². The maximum absolute atomic E-state index is 12.1. The van der Waals surface area contributed by atoms with Gasteiger partial charge in [0.1, 0.15) is 5.76 Å². The predicted molar refractivity (Wildman–Crippen MR) is 71.6 cm³/mol. The second kappa shape index (κ2) is 4.28. The fourth-order valence-corrected chi connectivity index (χ4v) is 2.68. The van der Waals surface area contributed by atoms with Crippen molar-refractivity contribution in [3.8, 4) is 0 Å². The number of methoxy groups -OCH3 is 1. The number of nitrogens with zero attached hydrogens (tertiary/aromatic N) is 1. The predicted octanol–water partition coefficient (Wildman–Crippen LogP) is -0.638. The zero-order valence-corrected chi connectivity index (χ0v) is 10.9. The van der Waals surface area contributed by atoms with Crippen LogP contribution in [0, 0.1) is 0 Å². The Kier molecular flexibility index (Phi) is 2.71. The molecule has 3 rings (SSSR count). The van der Waals surface area contributed by atoms with Crippen LogP contribution in [0.25, 0.3) is 11.6 Å². The summed E-state index contributed by atoms with van der Waals surface area (Å²) in [7, 11) is 1.63. The number of nitrogens with one attached hydrogen (secondary N) is 1. The number of ether oxygens (including phenoxy) is 1. The van der Waals surface area contributed by atoms with Crippen LogP contribution >= 0.6 is 0 Å². The van der Waals surface area contributed by atoms with Gasteiger partial charge in [0.2, 0.25) is 0 Å². The van der Waals surface area contributed by atoms with Gasteiger partial charge in [-0.15, -0.1) is 0 Å². The largest absolute Gasteiger partial charge is 0.496 e. The van der Waals surface area contributed by atoms with E-state index in [1.54, 1.807) is 18.7 Å². The molecular weight excluding hydrogens is 244 g/mol. The van der Waals surface area contributed by atoms with Crippen molar-refractivity contribution < 1.29 is 9.84 Å². The average Bonchev–Trinajstić information content (AvgIpc) is 2.88. The Hall–Kier alpha value is -2.01. The lowest BCUT2D eigenvalue weighted by molar-refractivity contribution is 0.167. The highest BCUT2D eigenvalue weighted by Gasteiger charge is 2.22. The molecule has 0 fully saturated rings. The van der Waals surface area contributed by atoms with Gasteiger partial charge in [0.15, 0.2) is 0 Å². The molecule has 1 aromatic rings. The molecule has 2 N–H and O–H groups in total. The van der Waals surface area contributed by atoms with E-state index in [4.69, 9.17) is 4.74 Å². The van der Waals surface area contributed by atoms with Gasteiger partial charge < -0.3 is 9.84 Å². The molecule has 100 valence electrons. The van der Waals surface area contributed by atoms with Gasteiger partial charge in [-0.1, -0.05) is 6.08 Å². The third-order valence-corrected chi connectivity index (χ3v) is 3.44. The van der Waals surface area contributed by atoms with Crippen molar-refractivity contribution in [3.05, 3.63) is 44.4 Å². The number of aliphatic hydroxyl groups excluding tert-OH is 1. The first-order valence-corrected chi connectivity index (χ1v) is 6.28. The summed E-state index contributed by atoms with van der Waals surface area (Å²) in [5.74, 6) is 0.778. The molecule has 1 aromatic heterocycles. The molecule has 0 unspecified atom stereocenters. The zero-order chi connectivity index (χ0) is 13.6. The second-order valence-electron chi connectivity index (χ2n) is 4.87. The lowest BCUT2D eigenvalue weighted by atomic mass is 9.99. The Bertz CT molecular complexity index is 760. The maximum atomic E-state index is 12.1. The van der Waals surface area contributed by atoms with Gasteiger partial charge >= 0.3 is 0 Å². The van der Waals surface area contributed by atoms with Crippen molar-refractivity contribution in [2.45, 2.75) is 26.0 Å². The van der Waals surface area contributed by atoms with Crippen LogP contribution < -0.4 is 16.1 Å². The highest BCUT2D eigenvalue weighted by molar-refractivity contribution is 5.84. The number of aromatic nitrogens is 2. The third kappa shape index (κ3) is 1.77. The minimum atomic E-state index is -0.512. The highest BCUT2D eigenvalue weighted by Crippen LogP contribution is 2.27. The van der Waals surface area contributed by atoms with Crippen LogP contribution in [0.2, 0.25) is 0 Å². The van der Waals surface area contributed by atoms with Crippen LogP contribution in [0.4, 0.5) is 0 Å². The monoisotopic (exact) mass is 260 g/mol. The van der Waals surface area contributed by atoms with Crippen LogP contribution in [0.3, 0.4) is 0 Å². The molecule has 5 nitrogen and oxygen atoms in total. The van der Waals surface area contributed by atoms with Gasteiger partial charge in [-0.05, 0) is 31.1 Å². The second-order valence-corrected chi connectivity index (χ2v) is 4.87. The Morgan fingerprint density at radius 1 is 1.58 bits per heavy atom. The quantitative estimate of drug-likeness (QED) is 0.760. The van der Waals surface area contributed by atoms with Crippen LogP contribution in [0.15, 0.2) is 28.3 Å². The molecule has 0 spiro atoms. The van der Waals surface area contributed by atoms with Crippen molar-refractivity contribution in [1.82, 2.24) is 9.78 Å². The average molecular weight is 260 g/mol. The molecule has 1 heterocycles. The van der Waals surface area contributed by atoms with Gasteiger partial charge in [-0.3, -0.25) is 14.6 Å². The van der Waals surface area contributed by atoms with Gasteiger partial charge in [-0.2, -0.15) is 0 Å². The topological polar surface area (TPSA) is 67.2 Å². The van der Waals surface area contributed by atoms with Gasteiger partial charge in [0, 0.05) is 5.57 Å². The summed E-state index contributed by atoms with van der Waals surface area (Å²) in [4.78, 5) is 12.1. The number of H-pyrrole nitrogens is 1. The number of fused-ring (bicyclic) bond motifs is 2. The number of rotatable bonds is 3. The van der Waals surface area contributed by atoms with Crippen LogP contribution in [-0.4, -0.2) is 28.1 Å². The lowest BCUT2D eigenvalue weighted by Gasteiger charge is -2.12. The van der Waals surface area contributed by atoms with Crippen molar-refractivity contribution >= 4 is 11.6 Å². The van der Waals surface area contributed by atoms with E-state index in [2.05, 4.69) is 5.10 Å². The fourth-order valence-electron chi connectivity index (χ4n) is 2.68. The minimum Gasteiger partial charge on any atom is -0.496 e. The zero-order valence-electron chi connectivity index (χ0n) is 10.9. The summed E-state index contributed by atoms with van der Waals surface area (Å²) in [5.41, 5.74) is 1.86. The number of allylic oxidation sites excluding steroid dienone is 3. The van der Waals surface area contributed by atoms with E-state index in [1.165, 1.54) is 0 Å². The molecule has 0 saturated carbocycles. The van der Waals surface area contributed by atoms with E-state index in [1.807, 2.05) is 18.2 Å². The first-order valence-electron chi connectivity index (χ1n) is 6.28. The molecule has 0 saturated heterocycles. The van der Waals surface area contributed by atoms with Gasteiger partial charge in [0.25, 0.3) is 5.56 Å². The number of aromatic amines is 1. The molecular formula is C14H16N2O3. The van der Waals surface area contributed by atoms with Crippen molar-refractivity contribution in [3.63, 3.8) is 0 Å². The lowest BCUT2D eigenvalue weighted by Crippen LogP contribution is -2.35. The molecule has 0 radical (unpaired) electrons. The minimum absolute atomic E-state index is 0.109. The van der Waals surface area contributed by atoms with Crippen LogP contribution in [0.1, 0.15) is 13.3 Å². The molecule has 5 heteroatoms. The molecule has 2 aliphatic carbocycles. The van der Waals surface area contributed by atoms with E-state index < -0.39 is 6.10 Å². The molecule has 1 atom stereocenters. The van der Waals surface area contributed by atoms with E-state index >= 15 is 0 Å². The molecule has 0 bridgehead atoms. The summed E-state index contributed by atoms with van der Waals surface area (Å²) in [5, 5.41) is 13.8. The molecule has 2 aliphatic rings. The summed E-state index contributed by atoms with van der Waals surface area (Å²) < 4.78 is 7.04. The van der Waals surface area contributed by atoms with Crippen molar-refractivity contribution in [2.75, 3.05) is 7.11 Å². The van der Waals surface area contributed by atoms with Crippen molar-refractivity contribution in [2.24, 2.45) is 0 Å². The molecule has 0 aliphatic heterocycles. The smallest absolute Gasteiger partial charge is 0.272 e. The van der Waals surface area contributed by atoms with Gasteiger partial charge in [0.05, 0.1) is 30.3 Å². The molecule has 19 heavy (non-hydrogen) atoms. The van der Waals surface area contributed by atoms with E-state index in [0.717, 1.165) is 28.7 Å². The third-order valence-electron chi connectivity index (χ3n) is 3.44. The molecule has 0 amide bonds.